The summed E-state index contributed by atoms with van der Waals surface area (Å²) in [6.45, 7) is 1.65. The lowest BCUT2D eigenvalue weighted by molar-refractivity contribution is -0.129. The second-order valence-corrected chi connectivity index (χ2v) is 8.56. The molecule has 2 heterocycles. The Hall–Kier alpha value is -2.94. The van der Waals surface area contributed by atoms with Crippen LogP contribution in [0.15, 0.2) is 45.9 Å². The molecule has 0 atom stereocenters. The summed E-state index contributed by atoms with van der Waals surface area (Å²) in [5.41, 5.74) is 1.05. The summed E-state index contributed by atoms with van der Waals surface area (Å²) in [6.07, 6.45) is 2.48. The van der Waals surface area contributed by atoms with Crippen molar-refractivity contribution in [2.24, 2.45) is 0 Å². The summed E-state index contributed by atoms with van der Waals surface area (Å²) >= 11 is 0. The van der Waals surface area contributed by atoms with Gasteiger partial charge in [-0.25, -0.2) is 13.4 Å². The van der Waals surface area contributed by atoms with Crippen molar-refractivity contribution >= 4 is 26.6 Å². The van der Waals surface area contributed by atoms with Crippen LogP contribution in [0.25, 0.3) is 22.2 Å². The third kappa shape index (κ3) is 4.62. The molecule has 1 amide bonds. The number of fused-ring (bicyclic) bond motifs is 1. The molecule has 0 aliphatic rings. The molecule has 0 aliphatic carbocycles. The van der Waals surface area contributed by atoms with Crippen molar-refractivity contribution in [3.05, 3.63) is 52.8 Å². The average Bonchev–Trinajstić information content (AvgIpc) is 3.06. The van der Waals surface area contributed by atoms with Crippen LogP contribution in [0.3, 0.4) is 0 Å². The molecule has 0 unspecified atom stereocenters. The van der Waals surface area contributed by atoms with Crippen molar-refractivity contribution in [2.45, 2.75) is 13.5 Å². The molecule has 1 N–H and O–H groups in total. The summed E-state index contributed by atoms with van der Waals surface area (Å²) in [5.74, 6) is 0.719. The van der Waals surface area contributed by atoms with Gasteiger partial charge in [-0.1, -0.05) is 0 Å². The van der Waals surface area contributed by atoms with Gasteiger partial charge in [-0.15, -0.1) is 0 Å². The van der Waals surface area contributed by atoms with Gasteiger partial charge < -0.3 is 14.3 Å². The van der Waals surface area contributed by atoms with Gasteiger partial charge in [0.2, 0.25) is 5.91 Å². The van der Waals surface area contributed by atoms with Gasteiger partial charge >= 0.3 is 0 Å². The number of hydrogen-bond donors (Lipinski definition) is 1. The molecule has 8 nitrogen and oxygen atoms in total. The van der Waals surface area contributed by atoms with Gasteiger partial charge in [0.1, 0.15) is 21.4 Å². The van der Waals surface area contributed by atoms with E-state index in [2.05, 4.69) is 9.97 Å². The molecule has 0 fully saturated rings. The number of carbonyl (C=O) groups is 1. The predicted molar refractivity (Wildman–Crippen MR) is 101 cm³/mol. The lowest BCUT2D eigenvalue weighted by Gasteiger charge is -2.19. The second-order valence-electron chi connectivity index (χ2n) is 6.30. The Morgan fingerprint density at radius 3 is 2.74 bits per heavy atom. The van der Waals surface area contributed by atoms with Crippen LogP contribution in [-0.4, -0.2) is 47.7 Å². The van der Waals surface area contributed by atoms with Gasteiger partial charge in [0.05, 0.1) is 29.5 Å². The van der Waals surface area contributed by atoms with E-state index in [1.807, 2.05) is 0 Å². The molecule has 3 rings (SSSR count). The summed E-state index contributed by atoms with van der Waals surface area (Å²) in [6, 6.07) is 8.69. The van der Waals surface area contributed by atoms with Crippen LogP contribution in [0.4, 0.5) is 0 Å². The van der Waals surface area contributed by atoms with Crippen molar-refractivity contribution in [3.63, 3.8) is 0 Å². The maximum absolute atomic E-state index is 11.9. The maximum Gasteiger partial charge on any atom is 0.258 e. The standard InChI is InChI=1S/C18H19N3O5S/c1-12(22)21(7-8-27(2,24)25)10-14-4-6-17(26-14)13-3-5-16-15(9-13)18(23)20-11-19-16/h3-6,9,11H,7-8,10H2,1-2H3,(H,19,20,23). The van der Waals surface area contributed by atoms with Crippen molar-refractivity contribution in [1.29, 1.82) is 0 Å². The van der Waals surface area contributed by atoms with Gasteiger partial charge in [-0.2, -0.15) is 0 Å². The van der Waals surface area contributed by atoms with Crippen LogP contribution in [0.5, 0.6) is 0 Å². The average molecular weight is 389 g/mol. The van der Waals surface area contributed by atoms with Crippen molar-refractivity contribution < 1.29 is 17.6 Å². The molecule has 1 aromatic carbocycles. The van der Waals surface area contributed by atoms with Crippen LogP contribution >= 0.6 is 0 Å². The van der Waals surface area contributed by atoms with Crippen molar-refractivity contribution in [1.82, 2.24) is 14.9 Å². The minimum atomic E-state index is -3.17. The number of H-pyrrole nitrogens is 1. The minimum absolute atomic E-state index is 0.0984. The van der Waals surface area contributed by atoms with Crippen molar-refractivity contribution in [2.75, 3.05) is 18.6 Å². The number of nitrogens with zero attached hydrogens (tertiary/aromatic N) is 2. The Morgan fingerprint density at radius 2 is 2.04 bits per heavy atom. The number of aromatic amines is 1. The molecular formula is C18H19N3O5S. The molecule has 0 saturated carbocycles. The summed E-state index contributed by atoms with van der Waals surface area (Å²) < 4.78 is 28.5. The zero-order chi connectivity index (χ0) is 19.6. The summed E-state index contributed by atoms with van der Waals surface area (Å²) in [4.78, 5) is 31.7. The molecule has 142 valence electrons. The molecule has 27 heavy (non-hydrogen) atoms. The fourth-order valence-corrected chi connectivity index (χ4v) is 3.20. The molecule has 0 spiro atoms. The van der Waals surface area contributed by atoms with E-state index < -0.39 is 9.84 Å². The zero-order valence-electron chi connectivity index (χ0n) is 14.9. The highest BCUT2D eigenvalue weighted by molar-refractivity contribution is 7.90. The number of furan rings is 1. The minimum Gasteiger partial charge on any atom is -0.459 e. The number of aromatic nitrogens is 2. The van der Waals surface area contributed by atoms with E-state index in [1.54, 1.807) is 30.3 Å². The second kappa shape index (κ2) is 7.36. The first-order valence-electron chi connectivity index (χ1n) is 8.23. The molecule has 0 bridgehead atoms. The Kier molecular flexibility index (Phi) is 5.13. The number of rotatable bonds is 6. The number of sulfone groups is 1. The van der Waals surface area contributed by atoms with Gasteiger partial charge in [0.25, 0.3) is 5.56 Å². The lowest BCUT2D eigenvalue weighted by Crippen LogP contribution is -2.32. The Bertz CT molecular complexity index is 1150. The highest BCUT2D eigenvalue weighted by Gasteiger charge is 2.15. The first-order chi connectivity index (χ1) is 12.7. The smallest absolute Gasteiger partial charge is 0.258 e. The van der Waals surface area contributed by atoms with E-state index >= 15 is 0 Å². The Balaban J connectivity index is 1.82. The summed E-state index contributed by atoms with van der Waals surface area (Å²) in [7, 11) is -3.17. The van der Waals surface area contributed by atoms with Crippen LogP contribution < -0.4 is 5.56 Å². The van der Waals surface area contributed by atoms with Gasteiger partial charge in [0, 0.05) is 25.3 Å². The van der Waals surface area contributed by atoms with E-state index in [0.29, 0.717) is 28.0 Å². The SMILES string of the molecule is CC(=O)N(CCS(C)(=O)=O)Cc1ccc(-c2ccc3nc[nH]c(=O)c3c2)o1. The quantitative estimate of drug-likeness (QED) is 0.685. The van der Waals surface area contributed by atoms with Gasteiger partial charge in [0.15, 0.2) is 0 Å². The molecule has 0 saturated heterocycles. The van der Waals surface area contributed by atoms with E-state index in [4.69, 9.17) is 4.42 Å². The first-order valence-corrected chi connectivity index (χ1v) is 10.3. The van der Waals surface area contributed by atoms with Gasteiger partial charge in [-0.3, -0.25) is 9.59 Å². The number of nitrogens with one attached hydrogen (secondary N) is 1. The molecule has 0 aliphatic heterocycles. The highest BCUT2D eigenvalue weighted by atomic mass is 32.2. The lowest BCUT2D eigenvalue weighted by atomic mass is 10.1. The normalized spacial score (nSPS) is 11.6. The zero-order valence-corrected chi connectivity index (χ0v) is 15.7. The topological polar surface area (TPSA) is 113 Å². The number of amides is 1. The maximum atomic E-state index is 11.9. The third-order valence-electron chi connectivity index (χ3n) is 4.11. The van der Waals surface area contributed by atoms with E-state index in [0.717, 1.165) is 6.26 Å². The molecule has 9 heteroatoms. The van der Waals surface area contributed by atoms with Crippen LogP contribution in [-0.2, 0) is 21.2 Å². The number of hydrogen-bond acceptors (Lipinski definition) is 6. The van der Waals surface area contributed by atoms with E-state index in [1.165, 1.54) is 18.2 Å². The molecule has 2 aromatic heterocycles. The third-order valence-corrected chi connectivity index (χ3v) is 5.03. The predicted octanol–water partition coefficient (Wildman–Crippen LogP) is 1.58. The van der Waals surface area contributed by atoms with Crippen LogP contribution in [0.1, 0.15) is 12.7 Å². The van der Waals surface area contributed by atoms with Crippen molar-refractivity contribution in [3.8, 4) is 11.3 Å². The van der Waals surface area contributed by atoms with E-state index in [9.17, 15) is 18.0 Å². The molecular weight excluding hydrogens is 370 g/mol. The van der Waals surface area contributed by atoms with Gasteiger partial charge in [-0.05, 0) is 30.3 Å². The number of carbonyl (C=O) groups excluding carboxylic acids is 1. The Labute approximate surface area is 155 Å². The number of benzene rings is 1. The largest absolute Gasteiger partial charge is 0.459 e. The first kappa shape index (κ1) is 18.8. The molecule has 3 aromatic rings. The molecule has 0 radical (unpaired) electrons. The van der Waals surface area contributed by atoms with Crippen LogP contribution in [0, 0.1) is 0 Å². The van der Waals surface area contributed by atoms with Crippen LogP contribution in [0.2, 0.25) is 0 Å². The summed E-state index contributed by atoms with van der Waals surface area (Å²) in [5, 5.41) is 0.450. The Morgan fingerprint density at radius 1 is 1.26 bits per heavy atom. The van der Waals surface area contributed by atoms with E-state index in [-0.39, 0.29) is 30.3 Å². The highest BCUT2D eigenvalue weighted by Crippen LogP contribution is 2.25. The monoisotopic (exact) mass is 389 g/mol. The fourth-order valence-electron chi connectivity index (χ4n) is 2.65. The fraction of sp³-hybridized carbons (Fsp3) is 0.278.